The smallest absolute Gasteiger partial charge is 0.417 e. The fourth-order valence-electron chi connectivity index (χ4n) is 3.29. The van der Waals surface area contributed by atoms with Gasteiger partial charge >= 0.3 is 18.4 Å². The maximum Gasteiger partial charge on any atom is 0.417 e. The van der Waals surface area contributed by atoms with Crippen LogP contribution in [-0.4, -0.2) is 50.5 Å². The number of methoxy groups -OCH3 is 1. The molecule has 1 heterocycles. The zero-order valence-corrected chi connectivity index (χ0v) is 16.0. The van der Waals surface area contributed by atoms with Crippen molar-refractivity contribution >= 4 is 12.0 Å². The van der Waals surface area contributed by atoms with Gasteiger partial charge in [0, 0.05) is 19.0 Å². The molecule has 1 aromatic rings. The molecule has 13 heteroatoms. The average Bonchev–Trinajstić information content (AvgIpc) is 3.15. The van der Waals surface area contributed by atoms with Crippen LogP contribution in [0.25, 0.3) is 0 Å². The Balaban J connectivity index is 2.20. The number of rotatable bonds is 5. The molecule has 7 nitrogen and oxygen atoms in total. The zero-order chi connectivity index (χ0) is 23.4. The first-order chi connectivity index (χ1) is 14.4. The first-order valence-electron chi connectivity index (χ1n) is 8.92. The van der Waals surface area contributed by atoms with Crippen molar-refractivity contribution in [2.45, 2.75) is 36.8 Å². The van der Waals surface area contributed by atoms with Gasteiger partial charge in [-0.2, -0.15) is 31.6 Å². The summed E-state index contributed by atoms with van der Waals surface area (Å²) in [5, 5.41) is 15.6. The predicted octanol–water partition coefficient (Wildman–Crippen LogP) is 2.43. The Labute approximate surface area is 172 Å². The Morgan fingerprint density at radius 3 is 2.39 bits per heavy atom. The van der Waals surface area contributed by atoms with Crippen molar-refractivity contribution in [2.24, 2.45) is 0 Å². The fraction of sp³-hybridized carbons (Fsp3) is 0.500. The second-order valence-electron chi connectivity index (χ2n) is 6.70. The van der Waals surface area contributed by atoms with Crippen LogP contribution in [0.5, 0.6) is 0 Å². The molecule has 0 bridgehead atoms. The Morgan fingerprint density at radius 2 is 1.84 bits per heavy atom. The number of hydrogen-bond donors (Lipinski definition) is 3. The topological polar surface area (TPSA) is 103 Å². The molecule has 0 aromatic heterocycles. The number of nitrogens with zero attached hydrogens (tertiary/aromatic N) is 1. The number of amides is 2. The number of ether oxygens (including phenoxy) is 1. The van der Waals surface area contributed by atoms with Crippen LogP contribution >= 0.6 is 0 Å². The number of alkyl halides is 6. The summed E-state index contributed by atoms with van der Waals surface area (Å²) in [5.74, 6) is -2.27. The Morgan fingerprint density at radius 1 is 1.19 bits per heavy atom. The number of nitrogens with one attached hydrogen (secondary N) is 3. The molecular weight excluding hydrogens is 434 g/mol. The number of nitriles is 1. The largest absolute Gasteiger partial charge is 0.453 e. The second-order valence-corrected chi connectivity index (χ2v) is 6.70. The number of hydrogen-bond acceptors (Lipinski definition) is 5. The first-order valence-corrected chi connectivity index (χ1v) is 8.92. The van der Waals surface area contributed by atoms with E-state index in [0.717, 1.165) is 19.2 Å². The van der Waals surface area contributed by atoms with Gasteiger partial charge in [-0.3, -0.25) is 10.1 Å². The van der Waals surface area contributed by atoms with Crippen molar-refractivity contribution in [3.63, 3.8) is 0 Å². The summed E-state index contributed by atoms with van der Waals surface area (Å²) < 4.78 is 84.5. The van der Waals surface area contributed by atoms with Gasteiger partial charge in [0.15, 0.2) is 0 Å². The maximum absolute atomic E-state index is 13.5. The van der Waals surface area contributed by atoms with Crippen LogP contribution in [0.15, 0.2) is 18.2 Å². The zero-order valence-electron chi connectivity index (χ0n) is 16.0. The van der Waals surface area contributed by atoms with Crippen LogP contribution in [0, 0.1) is 11.3 Å². The van der Waals surface area contributed by atoms with Crippen LogP contribution in [-0.2, 0) is 15.7 Å². The Hall–Kier alpha value is -3.01. The molecule has 1 aliphatic heterocycles. The molecule has 3 N–H and O–H groups in total. The number of benzene rings is 1. The van der Waals surface area contributed by atoms with Gasteiger partial charge in [0.05, 0.1) is 30.3 Å². The third-order valence-corrected chi connectivity index (χ3v) is 4.72. The highest BCUT2D eigenvalue weighted by Gasteiger charge is 2.52. The summed E-state index contributed by atoms with van der Waals surface area (Å²) in [6.45, 7) is -0.135. The van der Waals surface area contributed by atoms with E-state index < -0.39 is 59.9 Å². The van der Waals surface area contributed by atoms with Crippen LogP contribution < -0.4 is 16.0 Å². The third kappa shape index (κ3) is 6.00. The van der Waals surface area contributed by atoms with E-state index in [-0.39, 0.29) is 18.7 Å². The SMILES string of the molecule is COC(=O)NCCNC(=O)C1CC(c2ccc(C#N)c(C(F)(F)F)c2)C(C(F)(F)F)N1. The van der Waals surface area contributed by atoms with Gasteiger partial charge < -0.3 is 15.4 Å². The molecule has 1 aliphatic rings. The van der Waals surface area contributed by atoms with Crippen molar-refractivity contribution in [2.75, 3.05) is 20.2 Å². The molecule has 3 atom stereocenters. The second kappa shape index (κ2) is 9.42. The van der Waals surface area contributed by atoms with Crippen molar-refractivity contribution in [1.82, 2.24) is 16.0 Å². The molecule has 3 unspecified atom stereocenters. The molecule has 1 saturated heterocycles. The van der Waals surface area contributed by atoms with Gasteiger partial charge in [-0.15, -0.1) is 0 Å². The van der Waals surface area contributed by atoms with Crippen molar-refractivity contribution in [1.29, 1.82) is 5.26 Å². The van der Waals surface area contributed by atoms with E-state index in [9.17, 15) is 35.9 Å². The lowest BCUT2D eigenvalue weighted by atomic mass is 9.88. The van der Waals surface area contributed by atoms with Gasteiger partial charge in [0.1, 0.15) is 6.04 Å². The summed E-state index contributed by atoms with van der Waals surface area (Å²) >= 11 is 0. The van der Waals surface area contributed by atoms with Gasteiger partial charge in [0.2, 0.25) is 5.91 Å². The van der Waals surface area contributed by atoms with Crippen LogP contribution in [0.3, 0.4) is 0 Å². The standard InChI is InChI=1S/C18H18F6N4O3/c1-31-16(30)27-5-4-26-15(29)13-7-11(14(28-13)18(22,23)24)9-2-3-10(8-25)12(6-9)17(19,20)21/h2-3,6,11,13-14,28H,4-5,7H2,1H3,(H,26,29)(H,27,30). The molecule has 170 valence electrons. The Bertz CT molecular complexity index is 865. The highest BCUT2D eigenvalue weighted by atomic mass is 19.4. The molecule has 31 heavy (non-hydrogen) atoms. The van der Waals surface area contributed by atoms with Crippen molar-refractivity contribution in [3.05, 3.63) is 34.9 Å². The lowest BCUT2D eigenvalue weighted by Crippen LogP contribution is -2.48. The van der Waals surface area contributed by atoms with Crippen molar-refractivity contribution < 1.29 is 40.7 Å². The van der Waals surface area contributed by atoms with Crippen molar-refractivity contribution in [3.8, 4) is 6.07 Å². The fourth-order valence-corrected chi connectivity index (χ4v) is 3.29. The molecule has 2 rings (SSSR count). The predicted molar refractivity (Wildman–Crippen MR) is 93.7 cm³/mol. The molecule has 0 aliphatic carbocycles. The average molecular weight is 452 g/mol. The van der Waals surface area contributed by atoms with E-state index >= 15 is 0 Å². The van der Waals surface area contributed by atoms with E-state index in [2.05, 4.69) is 20.7 Å². The molecule has 0 spiro atoms. The van der Waals surface area contributed by atoms with Crippen LogP contribution in [0.2, 0.25) is 0 Å². The number of carbonyl (C=O) groups is 2. The minimum atomic E-state index is -4.93. The normalized spacial score (nSPS) is 21.3. The van der Waals surface area contributed by atoms with E-state index in [4.69, 9.17) is 5.26 Å². The van der Waals surface area contributed by atoms with Crippen LogP contribution in [0.1, 0.15) is 29.0 Å². The van der Waals surface area contributed by atoms with Gasteiger partial charge in [0.25, 0.3) is 0 Å². The monoisotopic (exact) mass is 452 g/mol. The number of halogens is 6. The van der Waals surface area contributed by atoms with E-state index in [1.165, 1.54) is 6.07 Å². The summed E-state index contributed by atoms with van der Waals surface area (Å²) in [7, 11) is 1.13. The minimum absolute atomic E-state index is 0.0399. The Kier molecular flexibility index (Phi) is 7.37. The summed E-state index contributed by atoms with van der Waals surface area (Å²) in [5.41, 5.74) is -2.34. The molecule has 2 amide bonds. The van der Waals surface area contributed by atoms with E-state index in [0.29, 0.717) is 6.07 Å². The molecule has 1 aromatic carbocycles. The summed E-state index contributed by atoms with van der Waals surface area (Å²) in [6.07, 6.45) is -10.9. The van der Waals surface area contributed by atoms with E-state index in [1.807, 2.05) is 0 Å². The van der Waals surface area contributed by atoms with Crippen LogP contribution in [0.4, 0.5) is 31.1 Å². The highest BCUT2D eigenvalue weighted by Crippen LogP contribution is 2.41. The molecule has 0 radical (unpaired) electrons. The molecule has 0 saturated carbocycles. The van der Waals surface area contributed by atoms with Gasteiger partial charge in [-0.1, -0.05) is 6.07 Å². The third-order valence-electron chi connectivity index (χ3n) is 4.72. The number of alkyl carbamates (subject to hydrolysis) is 1. The molecular formula is C18H18F6N4O3. The first kappa shape index (κ1) is 24.3. The molecule has 1 fully saturated rings. The van der Waals surface area contributed by atoms with Gasteiger partial charge in [-0.25, -0.2) is 4.79 Å². The van der Waals surface area contributed by atoms with Gasteiger partial charge in [-0.05, 0) is 24.1 Å². The number of carbonyl (C=O) groups excluding carboxylic acids is 2. The lowest BCUT2D eigenvalue weighted by Gasteiger charge is -2.23. The maximum atomic E-state index is 13.5. The minimum Gasteiger partial charge on any atom is -0.453 e. The quantitative estimate of drug-likeness (QED) is 0.471. The summed E-state index contributed by atoms with van der Waals surface area (Å²) in [6, 6.07) is 0.152. The summed E-state index contributed by atoms with van der Waals surface area (Å²) in [4.78, 5) is 23.2. The van der Waals surface area contributed by atoms with E-state index in [1.54, 1.807) is 0 Å². The lowest BCUT2D eigenvalue weighted by molar-refractivity contribution is -0.156. The highest BCUT2D eigenvalue weighted by molar-refractivity contribution is 5.82.